The van der Waals surface area contributed by atoms with Crippen molar-refractivity contribution in [2.24, 2.45) is 5.92 Å². The Kier molecular flexibility index (Phi) is 4.21. The van der Waals surface area contributed by atoms with Gasteiger partial charge in [-0.05, 0) is 30.3 Å². The molecule has 0 spiro atoms. The normalized spacial score (nSPS) is 24.4. The van der Waals surface area contributed by atoms with E-state index in [4.69, 9.17) is 16.3 Å². The van der Waals surface area contributed by atoms with E-state index < -0.39 is 0 Å². The van der Waals surface area contributed by atoms with E-state index in [1.54, 1.807) is 18.4 Å². The topological polar surface area (TPSA) is 38.2 Å². The summed E-state index contributed by atoms with van der Waals surface area (Å²) >= 11 is 7.82. The van der Waals surface area contributed by atoms with Crippen molar-refractivity contribution < 1.29 is 4.74 Å². The zero-order valence-corrected chi connectivity index (χ0v) is 13.2. The second-order valence-corrected chi connectivity index (χ2v) is 6.60. The number of likely N-dealkylation sites (tertiary alicyclic amines) is 1. The fraction of sp³-hybridized carbons (Fsp3) is 0.571. The zero-order chi connectivity index (χ0) is 14.1. The van der Waals surface area contributed by atoms with Crippen LogP contribution in [0, 0.1) is 5.92 Å². The van der Waals surface area contributed by atoms with Crippen molar-refractivity contribution in [2.45, 2.75) is 26.0 Å². The number of aromatic nitrogens is 2. The van der Waals surface area contributed by atoms with Crippen LogP contribution in [-0.2, 0) is 11.3 Å². The molecule has 0 aliphatic carbocycles. The fourth-order valence-electron chi connectivity index (χ4n) is 2.68. The highest BCUT2D eigenvalue weighted by Crippen LogP contribution is 2.26. The van der Waals surface area contributed by atoms with Crippen molar-refractivity contribution in [3.05, 3.63) is 22.4 Å². The quantitative estimate of drug-likeness (QED) is 0.816. The van der Waals surface area contributed by atoms with Gasteiger partial charge in [0.25, 0.3) is 0 Å². The third-order valence-electron chi connectivity index (χ3n) is 3.97. The van der Waals surface area contributed by atoms with Gasteiger partial charge in [-0.1, -0.05) is 18.5 Å². The van der Waals surface area contributed by atoms with E-state index in [1.165, 1.54) is 0 Å². The number of fused-ring (bicyclic) bond motifs is 1. The molecule has 1 saturated heterocycles. The predicted octanol–water partition coefficient (Wildman–Crippen LogP) is 3.20. The van der Waals surface area contributed by atoms with Gasteiger partial charge >= 0.3 is 0 Å². The van der Waals surface area contributed by atoms with Crippen LogP contribution in [0.1, 0.15) is 19.2 Å². The summed E-state index contributed by atoms with van der Waals surface area (Å²) < 4.78 is 5.55. The Balaban J connectivity index is 1.76. The minimum atomic E-state index is 0.296. The van der Waals surface area contributed by atoms with Crippen molar-refractivity contribution in [1.29, 1.82) is 0 Å². The number of halogens is 1. The SMILES string of the molecule is COC1CN(Cc2nc(Cl)c3ccsc3n2)CCC1C. The largest absolute Gasteiger partial charge is 0.380 e. The Morgan fingerprint density at radius 1 is 1.50 bits per heavy atom. The molecule has 0 N–H and O–H groups in total. The first-order valence-electron chi connectivity index (χ1n) is 6.82. The molecule has 1 fully saturated rings. The molecule has 6 heteroatoms. The molecule has 4 nitrogen and oxygen atoms in total. The summed E-state index contributed by atoms with van der Waals surface area (Å²) in [7, 11) is 1.79. The highest BCUT2D eigenvalue weighted by Gasteiger charge is 2.26. The maximum absolute atomic E-state index is 6.21. The van der Waals surface area contributed by atoms with Crippen molar-refractivity contribution in [3.8, 4) is 0 Å². The second-order valence-electron chi connectivity index (χ2n) is 5.35. The van der Waals surface area contributed by atoms with E-state index in [-0.39, 0.29) is 0 Å². The summed E-state index contributed by atoms with van der Waals surface area (Å²) in [6.07, 6.45) is 1.44. The molecular weight excluding hydrogens is 294 g/mol. The third kappa shape index (κ3) is 2.81. The summed E-state index contributed by atoms with van der Waals surface area (Å²) in [5.74, 6) is 1.41. The van der Waals surface area contributed by atoms with E-state index in [0.717, 1.165) is 42.1 Å². The predicted molar refractivity (Wildman–Crippen MR) is 82.3 cm³/mol. The standard InChI is InChI=1S/C14H18ClN3OS/c1-9-3-5-18(7-11(9)19-2)8-12-16-13(15)10-4-6-20-14(10)17-12/h4,6,9,11H,3,5,7-8H2,1-2H3. The first kappa shape index (κ1) is 14.2. The first-order chi connectivity index (χ1) is 9.67. The van der Waals surface area contributed by atoms with E-state index in [9.17, 15) is 0 Å². The van der Waals surface area contributed by atoms with Crippen LogP contribution >= 0.6 is 22.9 Å². The van der Waals surface area contributed by atoms with E-state index in [1.807, 2.05) is 11.4 Å². The third-order valence-corrected chi connectivity index (χ3v) is 5.06. The summed E-state index contributed by atoms with van der Waals surface area (Å²) in [5, 5.41) is 3.50. The molecule has 0 saturated carbocycles. The lowest BCUT2D eigenvalue weighted by Gasteiger charge is -2.35. The summed E-state index contributed by atoms with van der Waals surface area (Å²) in [6, 6.07) is 1.97. The number of piperidine rings is 1. The number of hydrogen-bond acceptors (Lipinski definition) is 5. The van der Waals surface area contributed by atoms with E-state index in [2.05, 4.69) is 21.8 Å². The van der Waals surface area contributed by atoms with Crippen LogP contribution in [0.15, 0.2) is 11.4 Å². The van der Waals surface area contributed by atoms with Crippen LogP contribution in [0.2, 0.25) is 5.15 Å². The minimum absolute atomic E-state index is 0.296. The van der Waals surface area contributed by atoms with Gasteiger partial charge in [0.2, 0.25) is 0 Å². The van der Waals surface area contributed by atoms with Crippen molar-refractivity contribution in [1.82, 2.24) is 14.9 Å². The lowest BCUT2D eigenvalue weighted by Crippen LogP contribution is -2.43. The molecule has 0 aromatic carbocycles. The zero-order valence-electron chi connectivity index (χ0n) is 11.7. The van der Waals surface area contributed by atoms with Crippen LogP contribution in [-0.4, -0.2) is 41.2 Å². The Morgan fingerprint density at radius 3 is 3.15 bits per heavy atom. The highest BCUT2D eigenvalue weighted by molar-refractivity contribution is 7.16. The van der Waals surface area contributed by atoms with Crippen LogP contribution < -0.4 is 0 Å². The van der Waals surface area contributed by atoms with Gasteiger partial charge in [0.1, 0.15) is 15.8 Å². The van der Waals surface area contributed by atoms with Gasteiger partial charge in [-0.25, -0.2) is 9.97 Å². The van der Waals surface area contributed by atoms with Crippen LogP contribution in [0.3, 0.4) is 0 Å². The van der Waals surface area contributed by atoms with Gasteiger partial charge in [-0.15, -0.1) is 11.3 Å². The first-order valence-corrected chi connectivity index (χ1v) is 8.08. The maximum Gasteiger partial charge on any atom is 0.145 e. The summed E-state index contributed by atoms with van der Waals surface area (Å²) in [6.45, 7) is 4.97. The van der Waals surface area contributed by atoms with Crippen LogP contribution in [0.25, 0.3) is 10.2 Å². The molecule has 2 unspecified atom stereocenters. The molecule has 2 aromatic rings. The molecule has 1 aliphatic heterocycles. The van der Waals surface area contributed by atoms with Gasteiger partial charge in [0, 0.05) is 19.0 Å². The van der Waals surface area contributed by atoms with Gasteiger partial charge in [-0.2, -0.15) is 0 Å². The van der Waals surface area contributed by atoms with Gasteiger partial charge in [0.15, 0.2) is 0 Å². The van der Waals surface area contributed by atoms with Crippen molar-refractivity contribution in [2.75, 3.05) is 20.2 Å². The number of rotatable bonds is 3. The fourth-order valence-corrected chi connectivity index (χ4v) is 3.77. The van der Waals surface area contributed by atoms with E-state index in [0.29, 0.717) is 17.2 Å². The molecular formula is C14H18ClN3OS. The Bertz CT molecular complexity index is 603. The van der Waals surface area contributed by atoms with Gasteiger partial charge < -0.3 is 4.74 Å². The number of thiophene rings is 1. The molecule has 0 amide bonds. The van der Waals surface area contributed by atoms with Crippen molar-refractivity contribution >= 4 is 33.2 Å². The molecule has 2 aromatic heterocycles. The maximum atomic E-state index is 6.21. The van der Waals surface area contributed by atoms with Gasteiger partial charge in [-0.3, -0.25) is 4.90 Å². The second kappa shape index (κ2) is 5.93. The molecule has 3 rings (SSSR count). The molecule has 2 atom stereocenters. The molecule has 1 aliphatic rings. The Hall–Kier alpha value is -0.750. The lowest BCUT2D eigenvalue weighted by atomic mass is 9.96. The summed E-state index contributed by atoms with van der Waals surface area (Å²) in [4.78, 5) is 12.3. The number of methoxy groups -OCH3 is 1. The molecule has 0 radical (unpaired) electrons. The lowest BCUT2D eigenvalue weighted by molar-refractivity contribution is -0.00812. The average Bonchev–Trinajstić information content (AvgIpc) is 2.90. The molecule has 3 heterocycles. The number of nitrogens with zero attached hydrogens (tertiary/aromatic N) is 3. The number of hydrogen-bond donors (Lipinski definition) is 0. The molecule has 108 valence electrons. The van der Waals surface area contributed by atoms with Crippen LogP contribution in [0.5, 0.6) is 0 Å². The number of ether oxygens (including phenoxy) is 1. The molecule has 20 heavy (non-hydrogen) atoms. The van der Waals surface area contributed by atoms with Crippen molar-refractivity contribution in [3.63, 3.8) is 0 Å². The average molecular weight is 312 g/mol. The smallest absolute Gasteiger partial charge is 0.145 e. The van der Waals surface area contributed by atoms with E-state index >= 15 is 0 Å². The Morgan fingerprint density at radius 2 is 2.35 bits per heavy atom. The highest BCUT2D eigenvalue weighted by atomic mass is 35.5. The molecule has 0 bridgehead atoms. The van der Waals surface area contributed by atoms with Gasteiger partial charge in [0.05, 0.1) is 12.6 Å². The summed E-state index contributed by atoms with van der Waals surface area (Å²) in [5.41, 5.74) is 0. The Labute approximate surface area is 127 Å². The van der Waals surface area contributed by atoms with Crippen LogP contribution in [0.4, 0.5) is 0 Å². The monoisotopic (exact) mass is 311 g/mol. The minimum Gasteiger partial charge on any atom is -0.380 e.